The zero-order valence-electron chi connectivity index (χ0n) is 16.5. The molecule has 0 radical (unpaired) electrons. The summed E-state index contributed by atoms with van der Waals surface area (Å²) in [6.07, 6.45) is 11.2. The summed E-state index contributed by atoms with van der Waals surface area (Å²) >= 11 is 0. The topological polar surface area (TPSA) is 69.0 Å². The molecule has 3 aromatic rings. The fourth-order valence-corrected chi connectivity index (χ4v) is 4.61. The van der Waals surface area contributed by atoms with E-state index in [2.05, 4.69) is 21.5 Å². The Morgan fingerprint density at radius 1 is 1.07 bits per heavy atom. The van der Waals surface area contributed by atoms with Crippen molar-refractivity contribution in [2.75, 3.05) is 0 Å². The lowest BCUT2D eigenvalue weighted by atomic mass is 9.90. The van der Waals surface area contributed by atoms with E-state index in [4.69, 9.17) is 4.74 Å². The molecule has 0 bridgehead atoms. The average Bonchev–Trinajstić information content (AvgIpc) is 3.23. The summed E-state index contributed by atoms with van der Waals surface area (Å²) in [5.41, 5.74) is 1.17. The number of nitrogens with one attached hydrogen (secondary N) is 1. The van der Waals surface area contributed by atoms with Gasteiger partial charge < -0.3 is 10.1 Å². The molecule has 1 unspecified atom stereocenters. The van der Waals surface area contributed by atoms with E-state index < -0.39 is 0 Å². The maximum absolute atomic E-state index is 12.7. The summed E-state index contributed by atoms with van der Waals surface area (Å²) in [6, 6.07) is 10.4. The molecule has 6 heteroatoms. The number of hydrogen-bond acceptors (Lipinski definition) is 4. The highest BCUT2D eigenvalue weighted by atomic mass is 16.5. The average molecular weight is 390 g/mol. The van der Waals surface area contributed by atoms with Gasteiger partial charge in [-0.3, -0.25) is 14.5 Å². The summed E-state index contributed by atoms with van der Waals surface area (Å²) in [4.78, 5) is 16.9. The molecular weight excluding hydrogens is 364 g/mol. The Bertz CT molecular complexity index is 1000. The molecule has 2 aliphatic rings. The Morgan fingerprint density at radius 2 is 1.97 bits per heavy atom. The molecule has 2 aromatic heterocycles. The number of amides is 1. The maximum Gasteiger partial charge on any atom is 0.223 e. The zero-order valence-corrected chi connectivity index (χ0v) is 16.5. The van der Waals surface area contributed by atoms with Gasteiger partial charge in [-0.25, -0.2) is 0 Å². The van der Waals surface area contributed by atoms with Crippen molar-refractivity contribution in [3.05, 3.63) is 54.6 Å². The summed E-state index contributed by atoms with van der Waals surface area (Å²) in [5.74, 6) is 1.19. The Morgan fingerprint density at radius 3 is 2.86 bits per heavy atom. The minimum atomic E-state index is 0.0671. The van der Waals surface area contributed by atoms with E-state index in [1.54, 1.807) is 6.20 Å². The molecular formula is C23H26N4O2. The van der Waals surface area contributed by atoms with Gasteiger partial charge in [0.15, 0.2) is 0 Å². The van der Waals surface area contributed by atoms with E-state index in [-0.39, 0.29) is 24.0 Å². The molecule has 5 rings (SSSR count). The molecule has 1 atom stereocenters. The van der Waals surface area contributed by atoms with Crippen LogP contribution in [-0.2, 0) is 17.8 Å². The van der Waals surface area contributed by atoms with Crippen LogP contribution < -0.4 is 10.1 Å². The predicted molar refractivity (Wildman–Crippen MR) is 111 cm³/mol. The first kappa shape index (κ1) is 18.2. The van der Waals surface area contributed by atoms with Gasteiger partial charge >= 0.3 is 0 Å². The van der Waals surface area contributed by atoms with Gasteiger partial charge in [0.2, 0.25) is 5.91 Å². The SMILES string of the molecule is O=C(NC1CCC(Oc2cccc3cnccc23)CC1)C1CCn2nccc2C1. The molecule has 6 nitrogen and oxygen atoms in total. The van der Waals surface area contributed by atoms with E-state index in [1.165, 1.54) is 5.69 Å². The predicted octanol–water partition coefficient (Wildman–Crippen LogP) is 3.50. The first-order chi connectivity index (χ1) is 14.3. The van der Waals surface area contributed by atoms with Crippen molar-refractivity contribution in [3.63, 3.8) is 0 Å². The van der Waals surface area contributed by atoms with Crippen LogP contribution in [0.4, 0.5) is 0 Å². The molecule has 150 valence electrons. The van der Waals surface area contributed by atoms with Crippen molar-refractivity contribution in [2.24, 2.45) is 5.92 Å². The quantitative estimate of drug-likeness (QED) is 0.740. The van der Waals surface area contributed by atoms with Crippen molar-refractivity contribution in [3.8, 4) is 5.75 Å². The number of pyridine rings is 1. The Balaban J connectivity index is 1.14. The van der Waals surface area contributed by atoms with Gasteiger partial charge in [0.1, 0.15) is 5.75 Å². The molecule has 29 heavy (non-hydrogen) atoms. The molecule has 1 aliphatic heterocycles. The van der Waals surface area contributed by atoms with Crippen LogP contribution in [0.3, 0.4) is 0 Å². The minimum Gasteiger partial charge on any atom is -0.490 e. The Hall–Kier alpha value is -2.89. The molecule has 1 N–H and O–H groups in total. The number of aromatic nitrogens is 3. The van der Waals surface area contributed by atoms with Gasteiger partial charge in [-0.05, 0) is 50.3 Å². The number of carbonyl (C=O) groups is 1. The van der Waals surface area contributed by atoms with Crippen LogP contribution in [0, 0.1) is 5.92 Å². The first-order valence-corrected chi connectivity index (χ1v) is 10.6. The number of benzene rings is 1. The van der Waals surface area contributed by atoms with E-state index in [0.717, 1.165) is 61.6 Å². The van der Waals surface area contributed by atoms with Gasteiger partial charge in [0.05, 0.1) is 6.10 Å². The second-order valence-electron chi connectivity index (χ2n) is 8.19. The number of aryl methyl sites for hydroxylation is 1. The number of ether oxygens (including phenoxy) is 1. The van der Waals surface area contributed by atoms with Crippen molar-refractivity contribution in [1.82, 2.24) is 20.1 Å². The van der Waals surface area contributed by atoms with Gasteiger partial charge in [0.25, 0.3) is 0 Å². The minimum absolute atomic E-state index is 0.0671. The van der Waals surface area contributed by atoms with Crippen LogP contribution in [0.2, 0.25) is 0 Å². The van der Waals surface area contributed by atoms with E-state index in [1.807, 2.05) is 41.3 Å². The van der Waals surface area contributed by atoms with Crippen molar-refractivity contribution in [2.45, 2.75) is 57.2 Å². The van der Waals surface area contributed by atoms with Crippen molar-refractivity contribution < 1.29 is 9.53 Å². The number of fused-ring (bicyclic) bond motifs is 2. The van der Waals surface area contributed by atoms with Crippen molar-refractivity contribution in [1.29, 1.82) is 0 Å². The third kappa shape index (κ3) is 3.84. The van der Waals surface area contributed by atoms with E-state index >= 15 is 0 Å². The van der Waals surface area contributed by atoms with Crippen LogP contribution in [-0.4, -0.2) is 32.8 Å². The van der Waals surface area contributed by atoms with E-state index in [0.29, 0.717) is 0 Å². The molecule has 1 amide bonds. The maximum atomic E-state index is 12.7. The standard InChI is InChI=1S/C23H26N4O2/c28-23(16-10-13-27-19(14-16)8-12-25-27)26-18-4-6-20(7-5-18)29-22-3-1-2-17-15-24-11-9-21(17)22/h1-3,8-9,11-12,15-16,18,20H,4-7,10,13-14H2,(H,26,28). The summed E-state index contributed by atoms with van der Waals surface area (Å²) in [5, 5.41) is 9.79. The van der Waals surface area contributed by atoms with E-state index in [9.17, 15) is 4.79 Å². The fourth-order valence-electron chi connectivity index (χ4n) is 4.61. The molecule has 1 saturated carbocycles. The molecule has 0 saturated heterocycles. The molecule has 1 aromatic carbocycles. The molecule has 0 spiro atoms. The van der Waals surface area contributed by atoms with Crippen LogP contribution in [0.5, 0.6) is 5.75 Å². The van der Waals surface area contributed by atoms with Gasteiger partial charge in [0, 0.05) is 60.0 Å². The van der Waals surface area contributed by atoms with Gasteiger partial charge in [-0.15, -0.1) is 0 Å². The number of nitrogens with zero attached hydrogens (tertiary/aromatic N) is 3. The third-order valence-electron chi connectivity index (χ3n) is 6.28. The normalized spacial score (nSPS) is 24.1. The molecule has 1 aliphatic carbocycles. The first-order valence-electron chi connectivity index (χ1n) is 10.6. The third-order valence-corrected chi connectivity index (χ3v) is 6.28. The van der Waals surface area contributed by atoms with Crippen LogP contribution >= 0.6 is 0 Å². The van der Waals surface area contributed by atoms with Gasteiger partial charge in [-0.1, -0.05) is 12.1 Å². The Labute approximate surface area is 170 Å². The summed E-state index contributed by atoms with van der Waals surface area (Å²) in [7, 11) is 0. The number of carbonyl (C=O) groups excluding carboxylic acids is 1. The van der Waals surface area contributed by atoms with Crippen LogP contribution in [0.1, 0.15) is 37.8 Å². The zero-order chi connectivity index (χ0) is 19.6. The second kappa shape index (κ2) is 7.85. The highest BCUT2D eigenvalue weighted by molar-refractivity contribution is 5.87. The van der Waals surface area contributed by atoms with Crippen molar-refractivity contribution >= 4 is 16.7 Å². The monoisotopic (exact) mass is 390 g/mol. The van der Waals surface area contributed by atoms with Crippen LogP contribution in [0.25, 0.3) is 10.8 Å². The van der Waals surface area contributed by atoms with Crippen LogP contribution in [0.15, 0.2) is 48.9 Å². The number of hydrogen-bond donors (Lipinski definition) is 1. The molecule has 3 heterocycles. The highest BCUT2D eigenvalue weighted by Gasteiger charge is 2.29. The summed E-state index contributed by atoms with van der Waals surface area (Å²) in [6.45, 7) is 0.835. The van der Waals surface area contributed by atoms with Gasteiger partial charge in [-0.2, -0.15) is 5.10 Å². The smallest absolute Gasteiger partial charge is 0.223 e. The Kier molecular flexibility index (Phi) is 4.92. The largest absolute Gasteiger partial charge is 0.490 e. The fraction of sp³-hybridized carbons (Fsp3) is 0.435. The lowest BCUT2D eigenvalue weighted by molar-refractivity contribution is -0.126. The number of rotatable bonds is 4. The highest BCUT2D eigenvalue weighted by Crippen LogP contribution is 2.29. The lowest BCUT2D eigenvalue weighted by Crippen LogP contribution is -2.44. The summed E-state index contributed by atoms with van der Waals surface area (Å²) < 4.78 is 8.33. The lowest BCUT2D eigenvalue weighted by Gasteiger charge is -2.31. The second-order valence-corrected chi connectivity index (χ2v) is 8.19. The molecule has 1 fully saturated rings.